The summed E-state index contributed by atoms with van der Waals surface area (Å²) >= 11 is 0. The van der Waals surface area contributed by atoms with Gasteiger partial charge in [-0.3, -0.25) is 9.59 Å². The summed E-state index contributed by atoms with van der Waals surface area (Å²) in [6.07, 6.45) is 10.2. The van der Waals surface area contributed by atoms with Gasteiger partial charge in [0, 0.05) is 79.7 Å². The molecule has 4 aromatic heterocycles. The molecule has 0 aliphatic carbocycles. The maximum atomic E-state index is 15.6. The maximum Gasteiger partial charge on any atom is 0.266 e. The van der Waals surface area contributed by atoms with E-state index in [9.17, 15) is 5.26 Å². The van der Waals surface area contributed by atoms with Crippen LogP contribution in [0.15, 0.2) is 207 Å². The van der Waals surface area contributed by atoms with E-state index in [1.165, 1.54) is 17.6 Å². The van der Waals surface area contributed by atoms with Crippen LogP contribution in [0.5, 0.6) is 0 Å². The van der Waals surface area contributed by atoms with Crippen LogP contribution in [0.1, 0.15) is 26.3 Å². The summed E-state index contributed by atoms with van der Waals surface area (Å²) in [6.45, 7) is 0. The fourth-order valence-corrected chi connectivity index (χ4v) is 10.4. The van der Waals surface area contributed by atoms with Gasteiger partial charge in [0.2, 0.25) is 0 Å². The van der Waals surface area contributed by atoms with Crippen molar-refractivity contribution in [2.45, 2.75) is 0 Å². The minimum Gasteiger partial charge on any atom is -0.308 e. The van der Waals surface area contributed by atoms with Crippen LogP contribution in [-0.2, 0) is 0 Å². The number of hydrogen-bond donors (Lipinski definition) is 0. The van der Waals surface area contributed by atoms with Crippen molar-refractivity contribution in [1.29, 1.82) is 5.26 Å². The lowest BCUT2D eigenvalue weighted by atomic mass is 9.92. The van der Waals surface area contributed by atoms with Gasteiger partial charge in [0.25, 0.3) is 11.8 Å². The number of carbonyl (C=O) groups is 2. The maximum absolute atomic E-state index is 15.6. The molecule has 1 aliphatic rings. The van der Waals surface area contributed by atoms with E-state index in [2.05, 4.69) is 83.7 Å². The van der Waals surface area contributed by atoms with Crippen LogP contribution in [0.2, 0.25) is 0 Å². The second-order valence-electron chi connectivity index (χ2n) is 16.9. The van der Waals surface area contributed by atoms with E-state index in [1.54, 1.807) is 30.9 Å². The Labute approximate surface area is 394 Å². The Balaban J connectivity index is 1.20. The van der Waals surface area contributed by atoms with Gasteiger partial charge < -0.3 is 9.13 Å². The lowest BCUT2D eigenvalue weighted by Gasteiger charge is -2.23. The van der Waals surface area contributed by atoms with Gasteiger partial charge in [-0.2, -0.15) is 5.26 Å². The van der Waals surface area contributed by atoms with E-state index in [0.29, 0.717) is 33.8 Å². The molecule has 1 aliphatic heterocycles. The number of nitriles is 1. The van der Waals surface area contributed by atoms with Crippen molar-refractivity contribution in [3.8, 4) is 62.0 Å². The molecule has 5 heterocycles. The second kappa shape index (κ2) is 15.7. The standard InChI is InChI=1S/C59H34N8O2/c60-29-36-27-52(65-50-25-8-5-16-43(50)45-20-10-18-41(56(45)65)38-30-61-34-62-31-38)55(53(28-36)66-51-26-9-6-17-44(51)46-21-11-19-42(57(46)66)39-32-63-35-64-33-39)47-22-12-23-48-54(47)59(69)67(58(48)68)49-24-7-4-15-40(49)37-13-2-1-3-14-37/h1-28,30-35H. The topological polar surface area (TPSA) is 123 Å². The number of amides is 2. The van der Waals surface area contributed by atoms with Gasteiger partial charge in [-0.25, -0.2) is 24.8 Å². The van der Waals surface area contributed by atoms with Gasteiger partial charge in [-0.15, -0.1) is 0 Å². The van der Waals surface area contributed by atoms with E-state index in [4.69, 9.17) is 0 Å². The van der Waals surface area contributed by atoms with E-state index < -0.39 is 11.8 Å². The zero-order chi connectivity index (χ0) is 46.2. The van der Waals surface area contributed by atoms with Gasteiger partial charge in [0.15, 0.2) is 0 Å². The molecule has 0 bridgehead atoms. The quantitative estimate of drug-likeness (QED) is 0.146. The molecule has 2 amide bonds. The smallest absolute Gasteiger partial charge is 0.266 e. The highest BCUT2D eigenvalue weighted by Gasteiger charge is 2.41. The summed E-state index contributed by atoms with van der Waals surface area (Å²) in [5, 5.41) is 15.1. The molecule has 0 radical (unpaired) electrons. The third-order valence-electron chi connectivity index (χ3n) is 13.3. The van der Waals surface area contributed by atoms with Crippen LogP contribution in [0.3, 0.4) is 0 Å². The molecule has 10 nitrogen and oxygen atoms in total. The minimum absolute atomic E-state index is 0.257. The number of para-hydroxylation sites is 5. The molecule has 0 fully saturated rings. The van der Waals surface area contributed by atoms with Crippen LogP contribution in [0.4, 0.5) is 5.69 Å². The van der Waals surface area contributed by atoms with Crippen molar-refractivity contribution in [2.75, 3.05) is 4.90 Å². The van der Waals surface area contributed by atoms with Crippen molar-refractivity contribution < 1.29 is 9.59 Å². The number of imide groups is 1. The first kappa shape index (κ1) is 39.5. The Hall–Kier alpha value is -9.85. The number of nitrogens with zero attached hydrogens (tertiary/aromatic N) is 8. The highest BCUT2D eigenvalue weighted by Crippen LogP contribution is 2.48. The van der Waals surface area contributed by atoms with Crippen molar-refractivity contribution in [1.82, 2.24) is 29.1 Å². The average Bonchev–Trinajstić information content (AvgIpc) is 4.03. The molecule has 69 heavy (non-hydrogen) atoms. The summed E-state index contributed by atoms with van der Waals surface area (Å²) in [4.78, 5) is 49.7. The molecular formula is C59H34N8O2. The van der Waals surface area contributed by atoms with Crippen LogP contribution in [0.25, 0.3) is 99.5 Å². The van der Waals surface area contributed by atoms with Crippen LogP contribution in [0, 0.1) is 11.3 Å². The van der Waals surface area contributed by atoms with Gasteiger partial charge in [-0.05, 0) is 47.5 Å². The highest BCUT2D eigenvalue weighted by atomic mass is 16.2. The molecule has 13 rings (SSSR count). The van der Waals surface area contributed by atoms with Crippen molar-refractivity contribution >= 4 is 61.1 Å². The fourth-order valence-electron chi connectivity index (χ4n) is 10.4. The first-order chi connectivity index (χ1) is 34.1. The number of hydrogen-bond acceptors (Lipinski definition) is 7. The first-order valence-electron chi connectivity index (χ1n) is 22.4. The number of carbonyl (C=O) groups excluding carboxylic acids is 2. The third-order valence-corrected chi connectivity index (χ3v) is 13.3. The fraction of sp³-hybridized carbons (Fsp3) is 0. The normalized spacial score (nSPS) is 12.4. The molecule has 0 unspecified atom stereocenters. The number of benzene rings is 8. The Kier molecular flexibility index (Phi) is 8.96. The zero-order valence-corrected chi connectivity index (χ0v) is 36.5. The zero-order valence-electron chi connectivity index (χ0n) is 36.5. The number of aromatic nitrogens is 6. The van der Waals surface area contributed by atoms with Crippen molar-refractivity contribution in [3.63, 3.8) is 0 Å². The SMILES string of the molecule is N#Cc1cc(-n2c3ccccc3c3cccc(-c4cncnc4)c32)c(-c2cccc3c2C(=O)N(c2ccccc2-c2ccccc2)C3=O)c(-n2c3ccccc3c3cccc(-c4cncnc4)c32)c1. The summed E-state index contributed by atoms with van der Waals surface area (Å²) in [6, 6.07) is 57.8. The molecule has 12 aromatic rings. The van der Waals surface area contributed by atoms with Gasteiger partial charge >= 0.3 is 0 Å². The number of fused-ring (bicyclic) bond motifs is 7. The molecule has 0 spiro atoms. The predicted octanol–water partition coefficient (Wildman–Crippen LogP) is 12.8. The Bertz CT molecular complexity index is 3960. The van der Waals surface area contributed by atoms with E-state index in [-0.39, 0.29) is 11.1 Å². The molecule has 0 saturated carbocycles. The molecule has 322 valence electrons. The lowest BCUT2D eigenvalue weighted by Crippen LogP contribution is -2.30. The number of anilines is 1. The minimum atomic E-state index is -0.455. The van der Waals surface area contributed by atoms with Crippen molar-refractivity contribution in [2.24, 2.45) is 0 Å². The van der Waals surface area contributed by atoms with Crippen LogP contribution < -0.4 is 4.90 Å². The van der Waals surface area contributed by atoms with E-state index >= 15 is 9.59 Å². The Morgan fingerprint density at radius 2 is 0.855 bits per heavy atom. The molecule has 0 N–H and O–H groups in total. The van der Waals surface area contributed by atoms with Gasteiger partial charge in [0.05, 0.1) is 61.9 Å². The van der Waals surface area contributed by atoms with Gasteiger partial charge in [0.1, 0.15) is 12.7 Å². The van der Waals surface area contributed by atoms with Crippen molar-refractivity contribution in [3.05, 3.63) is 224 Å². The Morgan fingerprint density at radius 1 is 0.391 bits per heavy atom. The molecule has 0 saturated heterocycles. The lowest BCUT2D eigenvalue weighted by molar-refractivity contribution is 0.0926. The monoisotopic (exact) mass is 886 g/mol. The predicted molar refractivity (Wildman–Crippen MR) is 270 cm³/mol. The molecule has 8 aromatic carbocycles. The van der Waals surface area contributed by atoms with Crippen LogP contribution >= 0.6 is 0 Å². The number of rotatable bonds is 7. The molecule has 10 heteroatoms. The molecule has 0 atom stereocenters. The summed E-state index contributed by atoms with van der Waals surface area (Å²) in [5.74, 6) is -0.882. The summed E-state index contributed by atoms with van der Waals surface area (Å²) in [7, 11) is 0. The highest BCUT2D eigenvalue weighted by molar-refractivity contribution is 6.37. The average molecular weight is 887 g/mol. The van der Waals surface area contributed by atoms with Crippen LogP contribution in [-0.4, -0.2) is 40.9 Å². The summed E-state index contributed by atoms with van der Waals surface area (Å²) < 4.78 is 4.38. The second-order valence-corrected chi connectivity index (χ2v) is 16.9. The largest absolute Gasteiger partial charge is 0.308 e. The third kappa shape index (κ3) is 5.98. The Morgan fingerprint density at radius 3 is 1.43 bits per heavy atom. The van der Waals surface area contributed by atoms with E-state index in [0.717, 1.165) is 77.0 Å². The summed E-state index contributed by atoms with van der Waals surface area (Å²) in [5.41, 5.74) is 12.2. The first-order valence-corrected chi connectivity index (χ1v) is 22.4. The van der Waals surface area contributed by atoms with Gasteiger partial charge in [-0.1, -0.05) is 133 Å². The molecular weight excluding hydrogens is 853 g/mol. The van der Waals surface area contributed by atoms with E-state index in [1.807, 2.05) is 115 Å².